The minimum absolute atomic E-state index is 0.0862. The smallest absolute Gasteiger partial charge is 0.382 e. The van der Waals surface area contributed by atoms with Crippen LogP contribution < -0.4 is 10.2 Å². The van der Waals surface area contributed by atoms with E-state index in [9.17, 15) is 13.2 Å². The highest BCUT2D eigenvalue weighted by atomic mass is 35.5. The summed E-state index contributed by atoms with van der Waals surface area (Å²) in [6.45, 7) is 1.49. The van der Waals surface area contributed by atoms with Crippen LogP contribution >= 0.6 is 11.6 Å². The Morgan fingerprint density at radius 3 is 2.37 bits per heavy atom. The maximum atomic E-state index is 13.8. The van der Waals surface area contributed by atoms with Gasteiger partial charge < -0.3 is 10.2 Å². The number of aromatic nitrogens is 2. The molecule has 0 radical (unpaired) electrons. The molecule has 30 heavy (non-hydrogen) atoms. The molecular formula is C22H20ClF3N4. The van der Waals surface area contributed by atoms with Crippen LogP contribution in [-0.2, 0) is 6.18 Å². The summed E-state index contributed by atoms with van der Waals surface area (Å²) in [7, 11) is 0. The van der Waals surface area contributed by atoms with E-state index in [2.05, 4.69) is 20.2 Å². The number of alkyl halides is 3. The summed E-state index contributed by atoms with van der Waals surface area (Å²) in [6.07, 6.45) is 0.508. The molecule has 1 saturated heterocycles. The van der Waals surface area contributed by atoms with Crippen molar-refractivity contribution in [3.05, 3.63) is 71.5 Å². The molecule has 2 aromatic carbocycles. The van der Waals surface area contributed by atoms with Crippen LogP contribution in [-0.4, -0.2) is 29.1 Å². The fourth-order valence-electron chi connectivity index (χ4n) is 3.69. The highest BCUT2D eigenvalue weighted by molar-refractivity contribution is 6.30. The maximum Gasteiger partial charge on any atom is 0.417 e. The summed E-state index contributed by atoms with van der Waals surface area (Å²) in [6, 6.07) is 12.7. The van der Waals surface area contributed by atoms with E-state index in [-0.39, 0.29) is 11.6 Å². The van der Waals surface area contributed by atoms with Gasteiger partial charge in [-0.15, -0.1) is 0 Å². The van der Waals surface area contributed by atoms with Gasteiger partial charge in [0.1, 0.15) is 0 Å². The molecule has 0 bridgehead atoms. The van der Waals surface area contributed by atoms with Gasteiger partial charge in [0.15, 0.2) is 0 Å². The first-order valence-corrected chi connectivity index (χ1v) is 10.0. The minimum Gasteiger partial charge on any atom is -0.382 e. The van der Waals surface area contributed by atoms with Crippen LogP contribution in [0, 0.1) is 0 Å². The Hall–Kier alpha value is -2.80. The lowest BCUT2D eigenvalue weighted by Crippen LogP contribution is -2.39. The number of nitrogens with zero attached hydrogens (tertiary/aromatic N) is 3. The lowest BCUT2D eigenvalue weighted by molar-refractivity contribution is -0.137. The molecule has 8 heteroatoms. The van der Waals surface area contributed by atoms with E-state index in [1.807, 2.05) is 0 Å². The zero-order valence-electron chi connectivity index (χ0n) is 16.0. The lowest BCUT2D eigenvalue weighted by Gasteiger charge is -2.33. The average molecular weight is 433 g/mol. The van der Waals surface area contributed by atoms with Crippen LogP contribution in [0.25, 0.3) is 11.1 Å². The molecule has 1 fully saturated rings. The summed E-state index contributed by atoms with van der Waals surface area (Å²) in [5.41, 5.74) is 0.344. The van der Waals surface area contributed by atoms with Crippen LogP contribution in [0.5, 0.6) is 0 Å². The third-order valence-corrected chi connectivity index (χ3v) is 5.40. The van der Waals surface area contributed by atoms with Crippen LogP contribution in [0.1, 0.15) is 18.4 Å². The van der Waals surface area contributed by atoms with Crippen LogP contribution in [0.15, 0.2) is 60.9 Å². The number of rotatable bonds is 4. The van der Waals surface area contributed by atoms with Crippen LogP contribution in [0.2, 0.25) is 5.02 Å². The molecule has 4 rings (SSSR count). The van der Waals surface area contributed by atoms with Crippen molar-refractivity contribution in [2.75, 3.05) is 23.3 Å². The second-order valence-electron chi connectivity index (χ2n) is 7.22. The molecule has 0 saturated carbocycles. The van der Waals surface area contributed by atoms with E-state index >= 15 is 0 Å². The first-order chi connectivity index (χ1) is 14.4. The van der Waals surface area contributed by atoms with E-state index in [1.165, 1.54) is 12.1 Å². The topological polar surface area (TPSA) is 41.0 Å². The molecule has 1 aromatic heterocycles. The summed E-state index contributed by atoms with van der Waals surface area (Å²) in [5.74, 6) is 0.682. The number of hydrogen-bond donors (Lipinski definition) is 1. The van der Waals surface area contributed by atoms with Gasteiger partial charge in [-0.25, -0.2) is 9.97 Å². The monoisotopic (exact) mass is 432 g/mol. The van der Waals surface area contributed by atoms with Gasteiger partial charge in [0.25, 0.3) is 0 Å². The number of nitrogens with one attached hydrogen (secondary N) is 1. The fraction of sp³-hybridized carbons (Fsp3) is 0.273. The zero-order chi connectivity index (χ0) is 21.1. The number of halogens is 4. The molecule has 0 unspecified atom stereocenters. The molecule has 1 aliphatic heterocycles. The van der Waals surface area contributed by atoms with Crippen LogP contribution in [0.4, 0.5) is 24.8 Å². The predicted octanol–water partition coefficient (Wildman–Crippen LogP) is 5.90. The first kappa shape index (κ1) is 20.5. The Kier molecular flexibility index (Phi) is 5.81. The highest BCUT2D eigenvalue weighted by Crippen LogP contribution is 2.39. The quantitative estimate of drug-likeness (QED) is 0.557. The van der Waals surface area contributed by atoms with Gasteiger partial charge in [0.2, 0.25) is 5.95 Å². The largest absolute Gasteiger partial charge is 0.417 e. The lowest BCUT2D eigenvalue weighted by atomic mass is 9.98. The molecular weight excluding hydrogens is 413 g/mol. The third kappa shape index (κ3) is 4.67. The van der Waals surface area contributed by atoms with Gasteiger partial charge in [-0.3, -0.25) is 0 Å². The Morgan fingerprint density at radius 1 is 0.967 bits per heavy atom. The standard InChI is InChI=1S/C22H20ClF3N4/c23-16-4-1-3-15(13-16)19-6-5-18(14-20(19)22(24,25)26)29-17-7-11-30(12-8-17)21-27-9-2-10-28-21/h1-6,9-10,13-14,17,29H,7-8,11-12H2. The molecule has 156 valence electrons. The highest BCUT2D eigenvalue weighted by Gasteiger charge is 2.34. The summed E-state index contributed by atoms with van der Waals surface area (Å²) in [4.78, 5) is 10.6. The number of hydrogen-bond acceptors (Lipinski definition) is 4. The Morgan fingerprint density at radius 2 is 1.70 bits per heavy atom. The zero-order valence-corrected chi connectivity index (χ0v) is 16.8. The van der Waals surface area contributed by atoms with Crippen molar-refractivity contribution in [1.82, 2.24) is 9.97 Å². The fourth-order valence-corrected chi connectivity index (χ4v) is 3.88. The van der Waals surface area contributed by atoms with E-state index in [4.69, 9.17) is 11.6 Å². The van der Waals surface area contributed by atoms with Crippen molar-refractivity contribution in [1.29, 1.82) is 0 Å². The third-order valence-electron chi connectivity index (χ3n) is 5.16. The normalized spacial score (nSPS) is 15.3. The van der Waals surface area contributed by atoms with Gasteiger partial charge >= 0.3 is 6.18 Å². The Balaban J connectivity index is 1.50. The Bertz CT molecular complexity index is 1000. The van der Waals surface area contributed by atoms with E-state index < -0.39 is 11.7 Å². The SMILES string of the molecule is FC(F)(F)c1cc(NC2CCN(c3ncccn3)CC2)ccc1-c1cccc(Cl)c1. The molecule has 0 amide bonds. The van der Waals surface area contributed by atoms with Gasteiger partial charge in [0, 0.05) is 42.2 Å². The molecule has 3 aromatic rings. The molecule has 4 nitrogen and oxygen atoms in total. The second kappa shape index (κ2) is 8.52. The molecule has 0 aliphatic carbocycles. The summed E-state index contributed by atoms with van der Waals surface area (Å²) < 4.78 is 41.3. The van der Waals surface area contributed by atoms with Gasteiger partial charge in [0.05, 0.1) is 5.56 Å². The Labute approximate surface area is 177 Å². The number of anilines is 2. The van der Waals surface area contributed by atoms with E-state index in [0.29, 0.717) is 22.2 Å². The van der Waals surface area contributed by atoms with Crippen molar-refractivity contribution in [2.24, 2.45) is 0 Å². The van der Waals surface area contributed by atoms with Crippen molar-refractivity contribution in [2.45, 2.75) is 25.1 Å². The molecule has 1 aliphatic rings. The molecule has 0 spiro atoms. The summed E-state index contributed by atoms with van der Waals surface area (Å²) >= 11 is 5.97. The summed E-state index contributed by atoms with van der Waals surface area (Å²) in [5, 5.41) is 3.66. The van der Waals surface area contributed by atoms with E-state index in [0.717, 1.165) is 25.9 Å². The van der Waals surface area contributed by atoms with Gasteiger partial charge in [-0.2, -0.15) is 13.2 Å². The number of benzene rings is 2. The predicted molar refractivity (Wildman–Crippen MR) is 113 cm³/mol. The molecule has 0 atom stereocenters. The second-order valence-corrected chi connectivity index (χ2v) is 7.66. The van der Waals surface area contributed by atoms with Crippen LogP contribution in [0.3, 0.4) is 0 Å². The van der Waals surface area contributed by atoms with E-state index in [1.54, 1.807) is 48.8 Å². The molecule has 1 N–H and O–H groups in total. The van der Waals surface area contributed by atoms with Gasteiger partial charge in [-0.05, 0) is 54.3 Å². The van der Waals surface area contributed by atoms with Crippen molar-refractivity contribution >= 4 is 23.2 Å². The minimum atomic E-state index is -4.47. The molecule has 2 heterocycles. The maximum absolute atomic E-state index is 13.8. The van der Waals surface area contributed by atoms with Crippen molar-refractivity contribution in [3.63, 3.8) is 0 Å². The van der Waals surface area contributed by atoms with Gasteiger partial charge in [-0.1, -0.05) is 29.8 Å². The van der Waals surface area contributed by atoms with Crippen molar-refractivity contribution in [3.8, 4) is 11.1 Å². The average Bonchev–Trinajstić information content (AvgIpc) is 2.74. The van der Waals surface area contributed by atoms with Crippen molar-refractivity contribution < 1.29 is 13.2 Å². The first-order valence-electron chi connectivity index (χ1n) is 9.66. The number of piperidine rings is 1.